The van der Waals surface area contributed by atoms with Gasteiger partial charge in [-0.05, 0) is 0 Å². The van der Waals surface area contributed by atoms with Crippen molar-refractivity contribution in [1.29, 1.82) is 0 Å². The summed E-state index contributed by atoms with van der Waals surface area (Å²) in [5, 5.41) is 9.63. The number of carbonyl (C=O) groups excluding carboxylic acids is 1. The molecule has 1 aromatic heterocycles. The zero-order chi connectivity index (χ0) is 11.8. The third kappa shape index (κ3) is 5.04. The molecule has 1 aromatic rings. The topological polar surface area (TPSA) is 69.0 Å². The van der Waals surface area contributed by atoms with Gasteiger partial charge in [-0.2, -0.15) is 0 Å². The SMILES string of the molecule is O=C(NCCOCCn1ccnn1)C(F)Cl. The maximum Gasteiger partial charge on any atom is 0.270 e. The zero-order valence-electron chi connectivity index (χ0n) is 8.47. The molecule has 0 aliphatic rings. The van der Waals surface area contributed by atoms with Crippen LogP contribution in [0.1, 0.15) is 0 Å². The maximum absolute atomic E-state index is 12.2. The minimum atomic E-state index is -2.00. The van der Waals surface area contributed by atoms with Gasteiger partial charge in [-0.15, -0.1) is 5.10 Å². The number of alkyl halides is 2. The highest BCUT2D eigenvalue weighted by Gasteiger charge is 2.11. The summed E-state index contributed by atoms with van der Waals surface area (Å²) in [5.41, 5.74) is -2.00. The van der Waals surface area contributed by atoms with Crippen LogP contribution in [-0.4, -0.2) is 46.3 Å². The van der Waals surface area contributed by atoms with Gasteiger partial charge in [0.2, 0.25) is 0 Å². The Morgan fingerprint density at radius 2 is 2.44 bits per heavy atom. The van der Waals surface area contributed by atoms with Crippen molar-refractivity contribution in [2.45, 2.75) is 12.2 Å². The molecule has 0 fully saturated rings. The Morgan fingerprint density at radius 3 is 3.06 bits per heavy atom. The summed E-state index contributed by atoms with van der Waals surface area (Å²) in [5.74, 6) is -0.846. The zero-order valence-corrected chi connectivity index (χ0v) is 9.23. The Bertz CT molecular complexity index is 307. The number of halogens is 2. The molecule has 8 heteroatoms. The Labute approximate surface area is 96.7 Å². The summed E-state index contributed by atoms with van der Waals surface area (Å²) in [6, 6.07) is 0. The van der Waals surface area contributed by atoms with Crippen LogP contribution in [-0.2, 0) is 16.1 Å². The van der Waals surface area contributed by atoms with Crippen molar-refractivity contribution in [2.75, 3.05) is 19.8 Å². The van der Waals surface area contributed by atoms with Gasteiger partial charge in [-0.25, -0.2) is 4.39 Å². The van der Waals surface area contributed by atoms with E-state index in [0.29, 0.717) is 19.8 Å². The van der Waals surface area contributed by atoms with Crippen molar-refractivity contribution < 1.29 is 13.9 Å². The lowest BCUT2D eigenvalue weighted by Crippen LogP contribution is -2.32. The van der Waals surface area contributed by atoms with E-state index in [-0.39, 0.29) is 6.54 Å². The third-order valence-electron chi connectivity index (χ3n) is 1.68. The number of carbonyl (C=O) groups is 1. The lowest BCUT2D eigenvalue weighted by Gasteiger charge is -2.06. The molecule has 1 atom stereocenters. The van der Waals surface area contributed by atoms with Crippen molar-refractivity contribution in [2.24, 2.45) is 0 Å². The molecule has 90 valence electrons. The largest absolute Gasteiger partial charge is 0.378 e. The number of rotatable bonds is 7. The molecule has 1 unspecified atom stereocenters. The number of amides is 1. The minimum absolute atomic E-state index is 0.226. The van der Waals surface area contributed by atoms with Crippen molar-refractivity contribution in [3.63, 3.8) is 0 Å². The van der Waals surface area contributed by atoms with Crippen molar-refractivity contribution in [1.82, 2.24) is 20.3 Å². The lowest BCUT2D eigenvalue weighted by molar-refractivity contribution is -0.123. The summed E-state index contributed by atoms with van der Waals surface area (Å²) in [6.45, 7) is 1.54. The second-order valence-electron chi connectivity index (χ2n) is 2.87. The number of nitrogens with zero attached hydrogens (tertiary/aromatic N) is 3. The Kier molecular flexibility index (Phi) is 5.73. The first kappa shape index (κ1) is 12.9. The summed E-state index contributed by atoms with van der Waals surface area (Å²) in [4.78, 5) is 10.7. The van der Waals surface area contributed by atoms with E-state index in [1.807, 2.05) is 0 Å². The average Bonchev–Trinajstić information content (AvgIpc) is 2.75. The monoisotopic (exact) mass is 250 g/mol. The van der Waals surface area contributed by atoms with Gasteiger partial charge in [0.25, 0.3) is 11.5 Å². The highest BCUT2D eigenvalue weighted by atomic mass is 35.5. The van der Waals surface area contributed by atoms with Crippen LogP contribution in [0.5, 0.6) is 0 Å². The van der Waals surface area contributed by atoms with Crippen molar-refractivity contribution in [3.05, 3.63) is 12.4 Å². The van der Waals surface area contributed by atoms with Gasteiger partial charge >= 0.3 is 0 Å². The highest BCUT2D eigenvalue weighted by molar-refractivity contribution is 6.29. The maximum atomic E-state index is 12.2. The van der Waals surface area contributed by atoms with Crippen molar-refractivity contribution in [3.8, 4) is 0 Å². The standard InChI is InChI=1S/C8H12ClFN4O2/c9-7(10)8(15)11-2-5-16-6-4-14-3-1-12-13-14/h1,3,7H,2,4-6H2,(H,11,15). The molecule has 0 spiro atoms. The van der Waals surface area contributed by atoms with Gasteiger partial charge in [0, 0.05) is 12.7 Å². The molecule has 0 aliphatic carbocycles. The van der Waals surface area contributed by atoms with Gasteiger partial charge < -0.3 is 10.1 Å². The highest BCUT2D eigenvalue weighted by Crippen LogP contribution is 1.94. The molecular weight excluding hydrogens is 239 g/mol. The number of hydrogen-bond donors (Lipinski definition) is 1. The summed E-state index contributed by atoms with van der Waals surface area (Å²) >= 11 is 4.90. The number of hydrogen-bond acceptors (Lipinski definition) is 4. The minimum Gasteiger partial charge on any atom is -0.378 e. The Hall–Kier alpha value is -1.21. The quantitative estimate of drug-likeness (QED) is 0.544. The van der Waals surface area contributed by atoms with Gasteiger partial charge in [-0.3, -0.25) is 9.48 Å². The van der Waals surface area contributed by atoms with Crippen LogP contribution < -0.4 is 5.32 Å². The first-order valence-electron chi connectivity index (χ1n) is 4.68. The van der Waals surface area contributed by atoms with Crippen LogP contribution in [0.3, 0.4) is 0 Å². The fourth-order valence-corrected chi connectivity index (χ4v) is 1.01. The molecule has 16 heavy (non-hydrogen) atoms. The second kappa shape index (κ2) is 7.13. The summed E-state index contributed by atoms with van der Waals surface area (Å²) in [6.07, 6.45) is 3.29. The van der Waals surface area contributed by atoms with Crippen LogP contribution in [0, 0.1) is 0 Å². The van der Waals surface area contributed by atoms with Gasteiger partial charge in [0.15, 0.2) is 0 Å². The van der Waals surface area contributed by atoms with Gasteiger partial charge in [-0.1, -0.05) is 16.8 Å². The number of nitrogens with one attached hydrogen (secondary N) is 1. The first-order chi connectivity index (χ1) is 7.70. The molecule has 0 aromatic carbocycles. The van der Waals surface area contributed by atoms with E-state index in [9.17, 15) is 9.18 Å². The van der Waals surface area contributed by atoms with Gasteiger partial charge in [0.05, 0.1) is 26.0 Å². The first-order valence-corrected chi connectivity index (χ1v) is 5.11. The van der Waals surface area contributed by atoms with E-state index < -0.39 is 11.5 Å². The Balaban J connectivity index is 1.94. The summed E-state index contributed by atoms with van der Waals surface area (Å²) < 4.78 is 18.9. The van der Waals surface area contributed by atoms with Crippen molar-refractivity contribution >= 4 is 17.5 Å². The van der Waals surface area contributed by atoms with Crippen LogP contribution in [0.15, 0.2) is 12.4 Å². The lowest BCUT2D eigenvalue weighted by atomic mass is 10.6. The molecule has 0 bridgehead atoms. The molecule has 0 saturated carbocycles. The molecule has 1 amide bonds. The number of ether oxygens (including phenoxy) is 1. The van der Waals surface area contributed by atoms with Crippen LogP contribution in [0.25, 0.3) is 0 Å². The van der Waals surface area contributed by atoms with E-state index >= 15 is 0 Å². The van der Waals surface area contributed by atoms with E-state index in [2.05, 4.69) is 15.6 Å². The van der Waals surface area contributed by atoms with E-state index in [0.717, 1.165) is 0 Å². The molecule has 0 saturated heterocycles. The van der Waals surface area contributed by atoms with Crippen LogP contribution in [0.2, 0.25) is 0 Å². The fourth-order valence-electron chi connectivity index (χ4n) is 0.936. The summed E-state index contributed by atoms with van der Waals surface area (Å²) in [7, 11) is 0. The Morgan fingerprint density at radius 1 is 1.62 bits per heavy atom. The van der Waals surface area contributed by atoms with Crippen LogP contribution >= 0.6 is 11.6 Å². The van der Waals surface area contributed by atoms with Gasteiger partial charge in [0.1, 0.15) is 0 Å². The molecular formula is C8H12ClFN4O2. The molecule has 0 aliphatic heterocycles. The predicted molar refractivity (Wildman–Crippen MR) is 54.6 cm³/mol. The predicted octanol–water partition coefficient (Wildman–Crippen LogP) is -0.0547. The molecule has 1 N–H and O–H groups in total. The average molecular weight is 251 g/mol. The fraction of sp³-hybridized carbons (Fsp3) is 0.625. The number of aromatic nitrogens is 3. The smallest absolute Gasteiger partial charge is 0.270 e. The van der Waals surface area contributed by atoms with Crippen LogP contribution in [0.4, 0.5) is 4.39 Å². The molecule has 1 heterocycles. The molecule has 6 nitrogen and oxygen atoms in total. The molecule has 0 radical (unpaired) electrons. The second-order valence-corrected chi connectivity index (χ2v) is 3.25. The van der Waals surface area contributed by atoms with E-state index in [1.54, 1.807) is 17.1 Å². The normalized spacial score (nSPS) is 12.4. The third-order valence-corrected chi connectivity index (χ3v) is 1.88. The molecule has 1 rings (SSSR count). The van der Waals surface area contributed by atoms with E-state index in [4.69, 9.17) is 16.3 Å². The van der Waals surface area contributed by atoms with E-state index in [1.165, 1.54) is 0 Å².